The number of pyridine rings is 1. The van der Waals surface area contributed by atoms with Crippen molar-refractivity contribution in [3.63, 3.8) is 0 Å². The second kappa shape index (κ2) is 3.43. The van der Waals surface area contributed by atoms with E-state index in [2.05, 4.69) is 4.98 Å². The van der Waals surface area contributed by atoms with Gasteiger partial charge in [-0.1, -0.05) is 6.07 Å². The van der Waals surface area contributed by atoms with Crippen LogP contribution < -0.4 is 10.5 Å². The van der Waals surface area contributed by atoms with Crippen molar-refractivity contribution in [2.24, 2.45) is 5.73 Å². The van der Waals surface area contributed by atoms with Crippen LogP contribution in [0.1, 0.15) is 5.56 Å². The van der Waals surface area contributed by atoms with Crippen molar-refractivity contribution >= 4 is 10.9 Å². The van der Waals surface area contributed by atoms with E-state index in [4.69, 9.17) is 10.5 Å². The number of nitrogens with two attached hydrogens (primary N) is 1. The fraction of sp³-hybridized carbons (Fsp3) is 0.250. The number of aromatic nitrogens is 1. The van der Waals surface area contributed by atoms with Gasteiger partial charge in [-0.25, -0.2) is 0 Å². The molecular formula is C12H12N2O2. The Hall–Kier alpha value is -1.65. The van der Waals surface area contributed by atoms with Crippen LogP contribution in [0.25, 0.3) is 10.9 Å². The molecule has 4 heteroatoms. The zero-order valence-corrected chi connectivity index (χ0v) is 8.63. The molecule has 16 heavy (non-hydrogen) atoms. The summed E-state index contributed by atoms with van der Waals surface area (Å²) >= 11 is 0. The summed E-state index contributed by atoms with van der Waals surface area (Å²) in [4.78, 5) is 4.26. The van der Waals surface area contributed by atoms with Crippen LogP contribution in [0.2, 0.25) is 0 Å². The van der Waals surface area contributed by atoms with Gasteiger partial charge in [-0.3, -0.25) is 10.7 Å². The Labute approximate surface area is 92.7 Å². The van der Waals surface area contributed by atoms with Crippen molar-refractivity contribution < 1.29 is 9.84 Å². The van der Waals surface area contributed by atoms with Gasteiger partial charge in [0, 0.05) is 18.0 Å². The molecular weight excluding hydrogens is 204 g/mol. The van der Waals surface area contributed by atoms with E-state index in [1.165, 1.54) is 0 Å². The first-order valence-corrected chi connectivity index (χ1v) is 5.22. The van der Waals surface area contributed by atoms with Gasteiger partial charge in [-0.05, 0) is 23.8 Å². The van der Waals surface area contributed by atoms with Crippen molar-refractivity contribution in [3.05, 3.63) is 36.0 Å². The molecule has 2 atom stereocenters. The van der Waals surface area contributed by atoms with Gasteiger partial charge in [-0.15, -0.1) is 0 Å². The Morgan fingerprint density at radius 2 is 2.31 bits per heavy atom. The molecule has 1 aliphatic rings. The predicted molar refractivity (Wildman–Crippen MR) is 60.1 cm³/mol. The first-order chi connectivity index (χ1) is 7.74. The minimum Gasteiger partial charge on any atom is -0.472 e. The molecule has 2 heterocycles. The quantitative estimate of drug-likeness (QED) is 0.684. The smallest absolute Gasteiger partial charge is 0.174 e. The number of benzene rings is 1. The number of nitrogens with zero attached hydrogens (tertiary/aromatic N) is 1. The molecule has 1 aliphatic heterocycles. The maximum absolute atomic E-state index is 9.63. The predicted octanol–water partition coefficient (Wildman–Crippen LogP) is 0.815. The third-order valence-corrected chi connectivity index (χ3v) is 2.86. The molecule has 0 fully saturated rings. The lowest BCUT2D eigenvalue weighted by atomic mass is 10.0. The third-order valence-electron chi connectivity index (χ3n) is 2.86. The molecule has 1 aromatic carbocycles. The van der Waals surface area contributed by atoms with E-state index in [-0.39, 0.29) is 0 Å². The average Bonchev–Trinajstić information content (AvgIpc) is 2.28. The van der Waals surface area contributed by atoms with Crippen LogP contribution >= 0.6 is 0 Å². The second-order valence-electron chi connectivity index (χ2n) is 4.01. The van der Waals surface area contributed by atoms with Gasteiger partial charge in [0.05, 0.1) is 5.52 Å². The molecule has 3 rings (SSSR count). The van der Waals surface area contributed by atoms with Gasteiger partial charge in [0.2, 0.25) is 0 Å². The number of hydrogen-bond acceptors (Lipinski definition) is 4. The number of fused-ring (bicyclic) bond motifs is 2. The summed E-state index contributed by atoms with van der Waals surface area (Å²) < 4.78 is 5.45. The van der Waals surface area contributed by atoms with Gasteiger partial charge in [0.25, 0.3) is 0 Å². The second-order valence-corrected chi connectivity index (χ2v) is 4.01. The van der Waals surface area contributed by atoms with Crippen LogP contribution in [-0.4, -0.2) is 22.4 Å². The maximum atomic E-state index is 9.63. The van der Waals surface area contributed by atoms with E-state index in [0.717, 1.165) is 22.2 Å². The summed E-state index contributed by atoms with van der Waals surface area (Å²) in [5.74, 6) is 0.748. The summed E-state index contributed by atoms with van der Waals surface area (Å²) in [5.41, 5.74) is 7.52. The molecule has 0 aliphatic carbocycles. The van der Waals surface area contributed by atoms with Crippen LogP contribution in [0.3, 0.4) is 0 Å². The Balaban J connectivity index is 2.17. The Morgan fingerprint density at radius 1 is 1.44 bits per heavy atom. The molecule has 0 bridgehead atoms. The molecule has 0 saturated carbocycles. The van der Waals surface area contributed by atoms with Crippen LogP contribution in [-0.2, 0) is 6.42 Å². The van der Waals surface area contributed by atoms with Crippen molar-refractivity contribution in [1.29, 1.82) is 0 Å². The lowest BCUT2D eigenvalue weighted by Gasteiger charge is -2.27. The number of aliphatic hydroxyl groups is 1. The molecule has 82 valence electrons. The molecule has 0 radical (unpaired) electrons. The SMILES string of the molecule is NC1Oc2cc3cccnc3cc2CC1O. The summed E-state index contributed by atoms with van der Waals surface area (Å²) in [6.07, 6.45) is 0.985. The van der Waals surface area contributed by atoms with Crippen LogP contribution in [0.15, 0.2) is 30.5 Å². The topological polar surface area (TPSA) is 68.4 Å². The van der Waals surface area contributed by atoms with Gasteiger partial charge < -0.3 is 9.84 Å². The minimum atomic E-state index is -0.645. The Bertz CT molecular complexity index is 493. The Kier molecular flexibility index (Phi) is 2.05. The molecule has 4 nitrogen and oxygen atoms in total. The standard InChI is InChI=1S/C12H12N2O2/c13-12-10(15)5-8-4-9-7(2-1-3-14-9)6-11(8)16-12/h1-4,6,10,12,15H,5,13H2. The number of rotatable bonds is 0. The molecule has 1 aromatic heterocycles. The summed E-state index contributed by atoms with van der Waals surface area (Å²) in [7, 11) is 0. The fourth-order valence-corrected chi connectivity index (χ4v) is 1.98. The van der Waals surface area contributed by atoms with Crippen LogP contribution in [0.5, 0.6) is 5.75 Å². The van der Waals surface area contributed by atoms with Crippen molar-refractivity contribution in [3.8, 4) is 5.75 Å². The first kappa shape index (κ1) is 9.57. The summed E-state index contributed by atoms with van der Waals surface area (Å²) in [6, 6.07) is 7.72. The minimum absolute atomic E-state index is 0.517. The average molecular weight is 216 g/mol. The number of aliphatic hydroxyl groups excluding tert-OH is 1. The molecule has 2 aromatic rings. The van der Waals surface area contributed by atoms with Crippen LogP contribution in [0.4, 0.5) is 0 Å². The lowest BCUT2D eigenvalue weighted by Crippen LogP contribution is -2.44. The van der Waals surface area contributed by atoms with Gasteiger partial charge in [0.15, 0.2) is 6.23 Å². The summed E-state index contributed by atoms with van der Waals surface area (Å²) in [5, 5.41) is 10.6. The highest BCUT2D eigenvalue weighted by Gasteiger charge is 2.25. The van der Waals surface area contributed by atoms with E-state index in [0.29, 0.717) is 6.42 Å². The van der Waals surface area contributed by atoms with Gasteiger partial charge >= 0.3 is 0 Å². The first-order valence-electron chi connectivity index (χ1n) is 5.22. The monoisotopic (exact) mass is 216 g/mol. The zero-order valence-electron chi connectivity index (χ0n) is 8.63. The van der Waals surface area contributed by atoms with Crippen molar-refractivity contribution in [2.75, 3.05) is 0 Å². The van der Waals surface area contributed by atoms with E-state index < -0.39 is 12.3 Å². The van der Waals surface area contributed by atoms with Crippen molar-refractivity contribution in [1.82, 2.24) is 4.98 Å². The van der Waals surface area contributed by atoms with Gasteiger partial charge in [0.1, 0.15) is 11.9 Å². The van der Waals surface area contributed by atoms with E-state index in [1.807, 2.05) is 24.3 Å². The normalized spacial score (nSPS) is 23.9. The highest BCUT2D eigenvalue weighted by molar-refractivity contribution is 5.81. The largest absolute Gasteiger partial charge is 0.472 e. The maximum Gasteiger partial charge on any atom is 0.174 e. The molecule has 3 N–H and O–H groups in total. The highest BCUT2D eigenvalue weighted by atomic mass is 16.5. The highest BCUT2D eigenvalue weighted by Crippen LogP contribution is 2.30. The third kappa shape index (κ3) is 1.43. The lowest BCUT2D eigenvalue weighted by molar-refractivity contribution is 0.0259. The zero-order chi connectivity index (χ0) is 11.1. The van der Waals surface area contributed by atoms with E-state index in [9.17, 15) is 5.11 Å². The molecule has 0 spiro atoms. The fourth-order valence-electron chi connectivity index (χ4n) is 1.98. The van der Waals surface area contributed by atoms with Gasteiger partial charge in [-0.2, -0.15) is 0 Å². The molecule has 0 amide bonds. The van der Waals surface area contributed by atoms with E-state index in [1.54, 1.807) is 6.20 Å². The molecule has 2 unspecified atom stereocenters. The number of hydrogen-bond donors (Lipinski definition) is 2. The Morgan fingerprint density at radius 3 is 3.19 bits per heavy atom. The van der Waals surface area contributed by atoms with E-state index >= 15 is 0 Å². The number of ether oxygens (including phenoxy) is 1. The van der Waals surface area contributed by atoms with Crippen molar-refractivity contribution in [2.45, 2.75) is 18.8 Å². The summed E-state index contributed by atoms with van der Waals surface area (Å²) in [6.45, 7) is 0. The van der Waals surface area contributed by atoms with Crippen LogP contribution in [0, 0.1) is 0 Å². The molecule has 0 saturated heterocycles.